The highest BCUT2D eigenvalue weighted by Gasteiger charge is 2.33. The number of alkyl halides is 3. The third kappa shape index (κ3) is 3.32. The van der Waals surface area contributed by atoms with Crippen LogP contribution in [0.5, 0.6) is 5.75 Å². The molecule has 84 valence electrons. The van der Waals surface area contributed by atoms with Crippen LogP contribution in [0.1, 0.15) is 5.56 Å². The van der Waals surface area contributed by atoms with Gasteiger partial charge in [-0.2, -0.15) is 0 Å². The molecule has 1 aromatic rings. The molecule has 2 N–H and O–H groups in total. The summed E-state index contributed by atoms with van der Waals surface area (Å²) in [4.78, 5) is 3.78. The molecule has 15 heavy (non-hydrogen) atoms. The van der Waals surface area contributed by atoms with Gasteiger partial charge in [0.2, 0.25) is 0 Å². The van der Waals surface area contributed by atoms with Gasteiger partial charge in [-0.1, -0.05) is 0 Å². The molecule has 1 rings (SSSR count). The minimum atomic E-state index is -4.76. The number of halogens is 5. The van der Waals surface area contributed by atoms with Crippen molar-refractivity contribution >= 4 is 31.9 Å². The van der Waals surface area contributed by atoms with E-state index in [0.29, 0.717) is 0 Å². The average molecular weight is 350 g/mol. The standard InChI is InChI=1S/C7H5Br2F3N2O/c8-4-2-14-6(9)3(1-13)5(4)15-7(10,11)12/h2H,1,13H2. The maximum absolute atomic E-state index is 12.0. The zero-order valence-electron chi connectivity index (χ0n) is 7.11. The van der Waals surface area contributed by atoms with Crippen molar-refractivity contribution in [1.29, 1.82) is 0 Å². The second-order valence-electron chi connectivity index (χ2n) is 2.46. The topological polar surface area (TPSA) is 48.1 Å². The molecule has 1 heterocycles. The number of pyridine rings is 1. The van der Waals surface area contributed by atoms with Crippen molar-refractivity contribution in [2.45, 2.75) is 12.9 Å². The van der Waals surface area contributed by atoms with E-state index in [0.717, 1.165) is 0 Å². The van der Waals surface area contributed by atoms with Crippen LogP contribution in [0.2, 0.25) is 0 Å². The predicted octanol–water partition coefficient (Wildman–Crippen LogP) is 2.96. The molecule has 0 saturated heterocycles. The van der Waals surface area contributed by atoms with Crippen LogP contribution in [0.25, 0.3) is 0 Å². The first-order chi connectivity index (χ1) is 6.85. The summed E-state index contributed by atoms with van der Waals surface area (Å²) >= 11 is 5.90. The van der Waals surface area contributed by atoms with Crippen molar-refractivity contribution in [2.24, 2.45) is 5.73 Å². The van der Waals surface area contributed by atoms with E-state index >= 15 is 0 Å². The first-order valence-corrected chi connectivity index (χ1v) is 5.22. The highest BCUT2D eigenvalue weighted by Crippen LogP contribution is 2.35. The quantitative estimate of drug-likeness (QED) is 0.835. The molecule has 0 amide bonds. The Kier molecular flexibility index (Phi) is 3.96. The Bertz CT molecular complexity index is 370. The van der Waals surface area contributed by atoms with E-state index < -0.39 is 6.36 Å². The van der Waals surface area contributed by atoms with Gasteiger partial charge in [0.15, 0.2) is 5.75 Å². The molecule has 1 aromatic heterocycles. The largest absolute Gasteiger partial charge is 0.573 e. The van der Waals surface area contributed by atoms with Crippen molar-refractivity contribution in [3.8, 4) is 5.75 Å². The summed E-state index contributed by atoms with van der Waals surface area (Å²) in [5.41, 5.74) is 5.46. The number of aromatic nitrogens is 1. The summed E-state index contributed by atoms with van der Waals surface area (Å²) in [6, 6.07) is 0. The number of hydrogen-bond donors (Lipinski definition) is 1. The second-order valence-corrected chi connectivity index (χ2v) is 4.06. The van der Waals surface area contributed by atoms with E-state index in [2.05, 4.69) is 41.6 Å². The van der Waals surface area contributed by atoms with E-state index in [4.69, 9.17) is 5.73 Å². The lowest BCUT2D eigenvalue weighted by atomic mass is 10.2. The van der Waals surface area contributed by atoms with Gasteiger partial charge < -0.3 is 10.5 Å². The van der Waals surface area contributed by atoms with E-state index in [1.807, 2.05) is 0 Å². The van der Waals surface area contributed by atoms with Crippen molar-refractivity contribution < 1.29 is 17.9 Å². The number of nitrogens with zero attached hydrogens (tertiary/aromatic N) is 1. The van der Waals surface area contributed by atoms with Crippen molar-refractivity contribution in [1.82, 2.24) is 4.98 Å². The summed E-state index contributed by atoms with van der Waals surface area (Å²) in [6.07, 6.45) is -3.56. The molecule has 8 heteroatoms. The highest BCUT2D eigenvalue weighted by atomic mass is 79.9. The van der Waals surface area contributed by atoms with Gasteiger partial charge in [-0.15, -0.1) is 13.2 Å². The molecule has 0 aliphatic heterocycles. The van der Waals surface area contributed by atoms with Gasteiger partial charge in [0.1, 0.15) is 4.60 Å². The van der Waals surface area contributed by atoms with E-state index in [-0.39, 0.29) is 26.9 Å². The Hall–Kier alpha value is -0.340. The number of nitrogens with two attached hydrogens (primary N) is 1. The molecular formula is C7H5Br2F3N2O. The molecular weight excluding hydrogens is 345 g/mol. The molecule has 0 radical (unpaired) electrons. The van der Waals surface area contributed by atoms with Gasteiger partial charge >= 0.3 is 6.36 Å². The van der Waals surface area contributed by atoms with Gasteiger partial charge in [0.25, 0.3) is 0 Å². The number of rotatable bonds is 2. The molecule has 0 aromatic carbocycles. The molecule has 0 spiro atoms. The highest BCUT2D eigenvalue weighted by molar-refractivity contribution is 9.11. The van der Waals surface area contributed by atoms with Crippen LogP contribution >= 0.6 is 31.9 Å². The van der Waals surface area contributed by atoms with Crippen molar-refractivity contribution in [3.63, 3.8) is 0 Å². The van der Waals surface area contributed by atoms with Crippen LogP contribution in [0, 0.1) is 0 Å². The fourth-order valence-electron chi connectivity index (χ4n) is 0.891. The molecule has 0 fully saturated rings. The summed E-state index contributed by atoms with van der Waals surface area (Å²) in [7, 11) is 0. The summed E-state index contributed by atoms with van der Waals surface area (Å²) < 4.78 is 40.3. The lowest BCUT2D eigenvalue weighted by Crippen LogP contribution is -2.19. The van der Waals surface area contributed by atoms with Crippen LogP contribution in [-0.2, 0) is 6.54 Å². The lowest BCUT2D eigenvalue weighted by Gasteiger charge is -2.14. The maximum Gasteiger partial charge on any atom is 0.573 e. The number of hydrogen-bond acceptors (Lipinski definition) is 3. The Balaban J connectivity index is 3.20. The van der Waals surface area contributed by atoms with E-state index in [9.17, 15) is 13.2 Å². The Morgan fingerprint density at radius 2 is 2.00 bits per heavy atom. The van der Waals surface area contributed by atoms with Gasteiger partial charge in [-0.3, -0.25) is 0 Å². The fraction of sp³-hybridized carbons (Fsp3) is 0.286. The lowest BCUT2D eigenvalue weighted by molar-refractivity contribution is -0.275. The van der Waals surface area contributed by atoms with Gasteiger partial charge in [-0.05, 0) is 31.9 Å². The molecule has 0 unspecified atom stereocenters. The monoisotopic (exact) mass is 348 g/mol. The van der Waals surface area contributed by atoms with Gasteiger partial charge in [0, 0.05) is 18.3 Å². The van der Waals surface area contributed by atoms with Crippen molar-refractivity contribution in [3.05, 3.63) is 20.8 Å². The second kappa shape index (κ2) is 4.67. The smallest absolute Gasteiger partial charge is 0.404 e. The van der Waals surface area contributed by atoms with E-state index in [1.54, 1.807) is 0 Å². The van der Waals surface area contributed by atoms with Crippen LogP contribution in [0.4, 0.5) is 13.2 Å². The molecule has 0 aliphatic rings. The average Bonchev–Trinajstić information content (AvgIpc) is 2.10. The molecule has 3 nitrogen and oxygen atoms in total. The Labute approximate surface area is 100 Å². The zero-order valence-corrected chi connectivity index (χ0v) is 10.3. The summed E-state index contributed by atoms with van der Waals surface area (Å²) in [5.74, 6) is -0.369. The third-order valence-corrected chi connectivity index (χ3v) is 2.70. The van der Waals surface area contributed by atoms with Crippen LogP contribution in [0.3, 0.4) is 0 Å². The minimum absolute atomic E-state index is 0.100. The van der Waals surface area contributed by atoms with Crippen LogP contribution in [0.15, 0.2) is 15.3 Å². The summed E-state index contributed by atoms with van der Waals surface area (Å²) in [6.45, 7) is -0.113. The first-order valence-electron chi connectivity index (χ1n) is 3.64. The Morgan fingerprint density at radius 1 is 1.40 bits per heavy atom. The first kappa shape index (κ1) is 12.7. The van der Waals surface area contributed by atoms with Gasteiger partial charge in [0.05, 0.1) is 4.47 Å². The zero-order chi connectivity index (χ0) is 11.6. The molecule has 0 aliphatic carbocycles. The predicted molar refractivity (Wildman–Crippen MR) is 54.2 cm³/mol. The Morgan fingerprint density at radius 3 is 2.47 bits per heavy atom. The van der Waals surface area contributed by atoms with Crippen LogP contribution in [-0.4, -0.2) is 11.3 Å². The fourth-order valence-corrected chi connectivity index (χ4v) is 1.76. The minimum Gasteiger partial charge on any atom is -0.404 e. The molecule has 0 atom stereocenters. The van der Waals surface area contributed by atoms with Crippen molar-refractivity contribution in [2.75, 3.05) is 0 Å². The number of ether oxygens (including phenoxy) is 1. The van der Waals surface area contributed by atoms with E-state index in [1.165, 1.54) is 6.20 Å². The van der Waals surface area contributed by atoms with Crippen LogP contribution < -0.4 is 10.5 Å². The van der Waals surface area contributed by atoms with Gasteiger partial charge in [-0.25, -0.2) is 4.98 Å². The summed E-state index contributed by atoms with van der Waals surface area (Å²) in [5, 5.41) is 0. The molecule has 0 saturated carbocycles. The normalized spacial score (nSPS) is 11.6. The maximum atomic E-state index is 12.0. The SMILES string of the molecule is NCc1c(Br)ncc(Br)c1OC(F)(F)F. The third-order valence-electron chi connectivity index (χ3n) is 1.45. The molecule has 0 bridgehead atoms.